The summed E-state index contributed by atoms with van der Waals surface area (Å²) in [5.74, 6) is 0.413. The first-order valence-corrected chi connectivity index (χ1v) is 11.4. The summed E-state index contributed by atoms with van der Waals surface area (Å²) in [5, 5.41) is 11.2. The monoisotopic (exact) mass is 430 g/mol. The smallest absolute Gasteiger partial charge is 0.273 e. The van der Waals surface area contributed by atoms with Crippen molar-refractivity contribution in [3.8, 4) is 0 Å². The molecule has 1 aromatic rings. The zero-order valence-corrected chi connectivity index (χ0v) is 18.9. The van der Waals surface area contributed by atoms with Crippen molar-refractivity contribution in [2.24, 2.45) is 5.92 Å². The molecule has 0 N–H and O–H groups in total. The molecule has 8 nitrogen and oxygen atoms in total. The molecule has 1 saturated carbocycles. The van der Waals surface area contributed by atoms with Gasteiger partial charge in [0.05, 0.1) is 11.0 Å². The molecule has 0 aromatic heterocycles. The zero-order valence-electron chi connectivity index (χ0n) is 18.9. The van der Waals surface area contributed by atoms with E-state index in [-0.39, 0.29) is 23.5 Å². The lowest BCUT2D eigenvalue weighted by atomic mass is 9.94. The van der Waals surface area contributed by atoms with Crippen molar-refractivity contribution in [1.29, 1.82) is 0 Å². The Kier molecular flexibility index (Phi) is 7.64. The molecule has 0 radical (unpaired) electrons. The third-order valence-corrected chi connectivity index (χ3v) is 6.82. The van der Waals surface area contributed by atoms with Gasteiger partial charge >= 0.3 is 0 Å². The van der Waals surface area contributed by atoms with Crippen LogP contribution in [0.2, 0.25) is 0 Å². The average Bonchev–Trinajstić information content (AvgIpc) is 3.29. The van der Waals surface area contributed by atoms with Gasteiger partial charge in [-0.1, -0.05) is 18.9 Å². The Balaban J connectivity index is 1.70. The first kappa shape index (κ1) is 23.2. The summed E-state index contributed by atoms with van der Waals surface area (Å²) in [6.45, 7) is 9.47. The second-order valence-corrected chi connectivity index (χ2v) is 8.59. The number of hydrogen-bond donors (Lipinski definition) is 0. The van der Waals surface area contributed by atoms with Gasteiger partial charge in [-0.15, -0.1) is 0 Å². The maximum atomic E-state index is 13.3. The van der Waals surface area contributed by atoms with E-state index < -0.39 is 4.92 Å². The number of hydrogen-bond acceptors (Lipinski definition) is 5. The van der Waals surface area contributed by atoms with Gasteiger partial charge in [0, 0.05) is 56.5 Å². The van der Waals surface area contributed by atoms with Gasteiger partial charge in [-0.05, 0) is 45.6 Å². The fourth-order valence-corrected chi connectivity index (χ4v) is 4.98. The van der Waals surface area contributed by atoms with E-state index in [2.05, 4.69) is 4.90 Å². The predicted octanol–water partition coefficient (Wildman–Crippen LogP) is 3.09. The largest absolute Gasteiger partial charge is 0.342 e. The van der Waals surface area contributed by atoms with Crippen molar-refractivity contribution in [2.75, 3.05) is 39.3 Å². The maximum Gasteiger partial charge on any atom is 0.273 e. The summed E-state index contributed by atoms with van der Waals surface area (Å²) < 4.78 is 0. The van der Waals surface area contributed by atoms with Crippen LogP contribution in [0.3, 0.4) is 0 Å². The van der Waals surface area contributed by atoms with E-state index >= 15 is 0 Å². The van der Waals surface area contributed by atoms with Crippen molar-refractivity contribution in [3.05, 3.63) is 39.4 Å². The summed E-state index contributed by atoms with van der Waals surface area (Å²) in [4.78, 5) is 43.0. The molecule has 1 aliphatic carbocycles. The molecule has 2 aliphatic rings. The average molecular weight is 431 g/mol. The summed E-state index contributed by atoms with van der Waals surface area (Å²) in [6, 6.07) is 4.54. The minimum atomic E-state index is -0.449. The Bertz CT molecular complexity index is 810. The summed E-state index contributed by atoms with van der Waals surface area (Å²) in [7, 11) is 0. The maximum absolute atomic E-state index is 13.3. The summed E-state index contributed by atoms with van der Waals surface area (Å²) in [5.41, 5.74) is 0.855. The first-order chi connectivity index (χ1) is 14.9. The molecule has 0 spiro atoms. The van der Waals surface area contributed by atoms with Gasteiger partial charge in [0.1, 0.15) is 0 Å². The normalized spacial score (nSPS) is 18.7. The van der Waals surface area contributed by atoms with Gasteiger partial charge < -0.3 is 9.80 Å². The third-order valence-electron chi connectivity index (χ3n) is 6.82. The lowest BCUT2D eigenvalue weighted by molar-refractivity contribution is -0.385. The van der Waals surface area contributed by atoms with Crippen LogP contribution in [0, 0.1) is 23.0 Å². The van der Waals surface area contributed by atoms with Crippen molar-refractivity contribution in [2.45, 2.75) is 52.5 Å². The fourth-order valence-electron chi connectivity index (χ4n) is 4.98. The van der Waals surface area contributed by atoms with Crippen LogP contribution < -0.4 is 0 Å². The molecule has 1 aromatic carbocycles. The molecule has 1 aliphatic heterocycles. The number of nitrogens with zero attached hydrogens (tertiary/aromatic N) is 4. The number of piperazine rings is 1. The van der Waals surface area contributed by atoms with Gasteiger partial charge in [0.15, 0.2) is 0 Å². The molecular weight excluding hydrogens is 396 g/mol. The predicted molar refractivity (Wildman–Crippen MR) is 119 cm³/mol. The Hall–Kier alpha value is -2.48. The number of aryl methyl sites for hydroxylation is 1. The van der Waals surface area contributed by atoms with Gasteiger partial charge in [-0.2, -0.15) is 0 Å². The molecular formula is C23H34N4O4. The molecule has 0 bridgehead atoms. The molecule has 170 valence electrons. The number of nitro groups is 1. The number of amides is 2. The van der Waals surface area contributed by atoms with Gasteiger partial charge in [0.25, 0.3) is 11.6 Å². The Morgan fingerprint density at radius 3 is 2.29 bits per heavy atom. The van der Waals surface area contributed by atoms with Crippen LogP contribution in [-0.4, -0.2) is 76.7 Å². The molecule has 31 heavy (non-hydrogen) atoms. The van der Waals surface area contributed by atoms with E-state index in [4.69, 9.17) is 0 Å². The second-order valence-electron chi connectivity index (χ2n) is 8.59. The van der Waals surface area contributed by atoms with Gasteiger partial charge in [-0.3, -0.25) is 24.6 Å². The molecule has 1 unspecified atom stereocenters. The minimum absolute atomic E-state index is 0.0318. The molecule has 2 amide bonds. The Morgan fingerprint density at radius 1 is 1.13 bits per heavy atom. The first-order valence-electron chi connectivity index (χ1n) is 11.4. The molecule has 1 heterocycles. The van der Waals surface area contributed by atoms with Gasteiger partial charge in [-0.25, -0.2) is 0 Å². The number of rotatable bonds is 7. The highest BCUT2D eigenvalue weighted by atomic mass is 16.6. The highest BCUT2D eigenvalue weighted by Gasteiger charge is 2.38. The molecule has 3 rings (SSSR count). The van der Waals surface area contributed by atoms with Crippen molar-refractivity contribution < 1.29 is 14.5 Å². The Labute approximate surface area is 184 Å². The van der Waals surface area contributed by atoms with Crippen molar-refractivity contribution >= 4 is 17.5 Å². The summed E-state index contributed by atoms with van der Waals surface area (Å²) in [6.07, 6.45) is 4.53. The molecule has 2 fully saturated rings. The zero-order chi connectivity index (χ0) is 22.5. The van der Waals surface area contributed by atoms with Crippen LogP contribution >= 0.6 is 0 Å². The molecule has 1 saturated heterocycles. The number of benzene rings is 1. The van der Waals surface area contributed by atoms with E-state index in [0.29, 0.717) is 56.3 Å². The highest BCUT2D eigenvalue weighted by molar-refractivity contribution is 5.95. The van der Waals surface area contributed by atoms with Crippen LogP contribution in [0.1, 0.15) is 55.5 Å². The van der Waals surface area contributed by atoms with E-state index in [1.807, 2.05) is 18.7 Å². The van der Waals surface area contributed by atoms with Crippen LogP contribution in [0.4, 0.5) is 5.69 Å². The summed E-state index contributed by atoms with van der Waals surface area (Å²) >= 11 is 0. The van der Waals surface area contributed by atoms with Crippen LogP contribution in [0.15, 0.2) is 18.2 Å². The van der Waals surface area contributed by atoms with E-state index in [9.17, 15) is 19.7 Å². The lowest BCUT2D eigenvalue weighted by Gasteiger charge is -2.42. The quantitative estimate of drug-likeness (QED) is 0.490. The van der Waals surface area contributed by atoms with Crippen LogP contribution in [0.5, 0.6) is 0 Å². The van der Waals surface area contributed by atoms with Crippen molar-refractivity contribution in [1.82, 2.24) is 14.7 Å². The fraction of sp³-hybridized carbons (Fsp3) is 0.652. The SMILES string of the molecule is CCN(CC)C(=O)C(C1CCCC1)N1CCN(C(=O)c2ccc(C)c([N+](=O)[O-])c2)CC1. The van der Waals surface area contributed by atoms with E-state index in [1.165, 1.54) is 18.9 Å². The molecule has 1 atom stereocenters. The van der Waals surface area contributed by atoms with E-state index in [1.54, 1.807) is 24.0 Å². The van der Waals surface area contributed by atoms with Crippen LogP contribution in [0.25, 0.3) is 0 Å². The molecule has 8 heteroatoms. The minimum Gasteiger partial charge on any atom is -0.342 e. The number of carbonyl (C=O) groups is 2. The lowest BCUT2D eigenvalue weighted by Crippen LogP contribution is -2.58. The number of nitro benzene ring substituents is 1. The Morgan fingerprint density at radius 2 is 1.74 bits per heavy atom. The standard InChI is InChI=1S/C23H34N4O4/c1-4-24(5-2)23(29)21(18-8-6-7-9-18)25-12-14-26(15-13-25)22(28)19-11-10-17(3)20(16-19)27(30)31/h10-11,16,18,21H,4-9,12-15H2,1-3H3. The van der Waals surface area contributed by atoms with Crippen molar-refractivity contribution in [3.63, 3.8) is 0 Å². The van der Waals surface area contributed by atoms with Gasteiger partial charge in [0.2, 0.25) is 5.91 Å². The van der Waals surface area contributed by atoms with Crippen LogP contribution in [-0.2, 0) is 4.79 Å². The highest BCUT2D eigenvalue weighted by Crippen LogP contribution is 2.32. The topological polar surface area (TPSA) is 87.0 Å². The van der Waals surface area contributed by atoms with E-state index in [0.717, 1.165) is 12.8 Å². The number of carbonyl (C=O) groups excluding carboxylic acids is 2. The second kappa shape index (κ2) is 10.2. The third kappa shape index (κ3) is 5.06. The number of likely N-dealkylation sites (N-methyl/N-ethyl adjacent to an activating group) is 1.